The molecule has 3 rings (SSSR count). The number of nitrogens with zero attached hydrogens (tertiary/aromatic N) is 2. The lowest BCUT2D eigenvalue weighted by Crippen LogP contribution is -2.50. The number of imide groups is 1. The molecule has 0 spiro atoms. The Labute approximate surface area is 211 Å². The molecular weight excluding hydrogens is 484 g/mol. The third-order valence-corrected chi connectivity index (χ3v) is 5.59. The lowest BCUT2D eigenvalue weighted by atomic mass is 9.91. The maximum absolute atomic E-state index is 13.0. The van der Waals surface area contributed by atoms with Gasteiger partial charge in [-0.05, 0) is 23.6 Å². The number of benzene rings is 2. The zero-order chi connectivity index (χ0) is 27.0. The molecule has 0 saturated carbocycles. The number of hydrogen-bond donors (Lipinski definition) is 5. The van der Waals surface area contributed by atoms with Crippen LogP contribution in [0.3, 0.4) is 0 Å². The summed E-state index contributed by atoms with van der Waals surface area (Å²) in [6.45, 7) is 0.283. The Morgan fingerprint density at radius 1 is 1.16 bits per heavy atom. The molecule has 5 amide bonds. The van der Waals surface area contributed by atoms with Gasteiger partial charge in [0.15, 0.2) is 0 Å². The summed E-state index contributed by atoms with van der Waals surface area (Å²) in [5.41, 5.74) is 0.461. The average Bonchev–Trinajstić information content (AvgIpc) is 3.10. The average molecular weight is 511 g/mol. The molecule has 1 aliphatic rings. The largest absolute Gasteiger partial charge is 0.480 e. The van der Waals surface area contributed by atoms with Gasteiger partial charge in [-0.3, -0.25) is 14.5 Å². The molecule has 194 valence electrons. The van der Waals surface area contributed by atoms with Gasteiger partial charge in [-0.1, -0.05) is 54.6 Å². The SMILES string of the molecule is CC1(c2ccc(/C=N/N)cc2)NC(=O)N(CC(=O)NCC(NC(=O)OCc2ccccc2)C(=O)O)C1=O. The molecule has 0 aromatic heterocycles. The minimum absolute atomic E-state index is 0.0698. The van der Waals surface area contributed by atoms with Gasteiger partial charge in [-0.2, -0.15) is 5.10 Å². The number of alkyl carbamates (subject to hydrolysis) is 1. The number of amides is 5. The highest BCUT2D eigenvalue weighted by Gasteiger charge is 2.49. The van der Waals surface area contributed by atoms with Crippen molar-refractivity contribution < 1.29 is 33.8 Å². The topological polar surface area (TPSA) is 193 Å². The molecule has 13 nitrogen and oxygen atoms in total. The second-order valence-corrected chi connectivity index (χ2v) is 8.25. The van der Waals surface area contributed by atoms with Crippen LogP contribution in [0.4, 0.5) is 9.59 Å². The van der Waals surface area contributed by atoms with E-state index in [2.05, 4.69) is 21.1 Å². The van der Waals surface area contributed by atoms with E-state index in [1.54, 1.807) is 54.6 Å². The van der Waals surface area contributed by atoms with Crippen LogP contribution in [0, 0.1) is 0 Å². The molecule has 1 aliphatic heterocycles. The van der Waals surface area contributed by atoms with Crippen molar-refractivity contribution in [1.82, 2.24) is 20.9 Å². The van der Waals surface area contributed by atoms with E-state index < -0.39 is 54.6 Å². The molecule has 13 heteroatoms. The van der Waals surface area contributed by atoms with Crippen LogP contribution in [-0.2, 0) is 31.3 Å². The van der Waals surface area contributed by atoms with E-state index in [-0.39, 0.29) is 6.61 Å². The van der Waals surface area contributed by atoms with Gasteiger partial charge in [0, 0.05) is 6.54 Å². The van der Waals surface area contributed by atoms with E-state index >= 15 is 0 Å². The monoisotopic (exact) mass is 510 g/mol. The number of aliphatic carboxylic acids is 1. The number of nitrogens with one attached hydrogen (secondary N) is 3. The third-order valence-electron chi connectivity index (χ3n) is 5.59. The summed E-state index contributed by atoms with van der Waals surface area (Å²) in [6, 6.07) is 13.1. The number of ether oxygens (including phenoxy) is 1. The lowest BCUT2D eigenvalue weighted by molar-refractivity contribution is -0.139. The fourth-order valence-corrected chi connectivity index (χ4v) is 3.55. The Hall–Kier alpha value is -4.94. The normalized spacial score (nSPS) is 17.8. The van der Waals surface area contributed by atoms with Gasteiger partial charge in [0.2, 0.25) is 5.91 Å². The van der Waals surface area contributed by atoms with Crippen LogP contribution in [0.5, 0.6) is 0 Å². The molecule has 1 saturated heterocycles. The number of carboxylic acid groups (broad SMARTS) is 1. The summed E-state index contributed by atoms with van der Waals surface area (Å²) in [6.07, 6.45) is 0.430. The number of rotatable bonds is 10. The maximum Gasteiger partial charge on any atom is 0.408 e. The van der Waals surface area contributed by atoms with Crippen molar-refractivity contribution in [3.8, 4) is 0 Å². The number of carbonyl (C=O) groups excluding carboxylic acids is 4. The van der Waals surface area contributed by atoms with Crippen molar-refractivity contribution in [1.29, 1.82) is 0 Å². The van der Waals surface area contributed by atoms with Crippen LogP contribution >= 0.6 is 0 Å². The Morgan fingerprint density at radius 3 is 2.46 bits per heavy atom. The number of nitrogens with two attached hydrogens (primary N) is 1. The van der Waals surface area contributed by atoms with Crippen LogP contribution in [0.1, 0.15) is 23.6 Å². The van der Waals surface area contributed by atoms with Crippen molar-refractivity contribution >= 4 is 36.1 Å². The number of carboxylic acids is 1. The quantitative estimate of drug-likeness (QED) is 0.130. The summed E-state index contributed by atoms with van der Waals surface area (Å²) < 4.78 is 4.99. The highest BCUT2D eigenvalue weighted by molar-refractivity contribution is 6.09. The van der Waals surface area contributed by atoms with E-state index in [1.165, 1.54) is 13.1 Å². The highest BCUT2D eigenvalue weighted by atomic mass is 16.5. The molecule has 1 heterocycles. The van der Waals surface area contributed by atoms with Gasteiger partial charge in [-0.15, -0.1) is 0 Å². The van der Waals surface area contributed by atoms with Crippen molar-refractivity contribution in [2.45, 2.75) is 25.1 Å². The summed E-state index contributed by atoms with van der Waals surface area (Å²) in [7, 11) is 0. The number of carbonyl (C=O) groups is 5. The molecule has 2 aromatic rings. The molecule has 0 aliphatic carbocycles. The summed E-state index contributed by atoms with van der Waals surface area (Å²) in [5.74, 6) is 2.25. The van der Waals surface area contributed by atoms with Crippen molar-refractivity contribution in [3.05, 3.63) is 71.3 Å². The number of hydrogen-bond acceptors (Lipinski definition) is 8. The predicted molar refractivity (Wildman–Crippen MR) is 130 cm³/mol. The van der Waals surface area contributed by atoms with E-state index in [4.69, 9.17) is 10.6 Å². The van der Waals surface area contributed by atoms with E-state index in [0.29, 0.717) is 16.7 Å². The van der Waals surface area contributed by atoms with Crippen molar-refractivity contribution in [2.24, 2.45) is 10.9 Å². The molecular formula is C24H26N6O7. The molecule has 6 N–H and O–H groups in total. The number of urea groups is 1. The summed E-state index contributed by atoms with van der Waals surface area (Å²) in [5, 5.41) is 19.8. The predicted octanol–water partition coefficient (Wildman–Crippen LogP) is 0.242. The second kappa shape index (κ2) is 11.7. The van der Waals surface area contributed by atoms with Crippen LogP contribution in [-0.4, -0.2) is 65.3 Å². The Bertz CT molecular complexity index is 1200. The first-order valence-corrected chi connectivity index (χ1v) is 11.1. The minimum Gasteiger partial charge on any atom is -0.480 e. The van der Waals surface area contributed by atoms with Gasteiger partial charge >= 0.3 is 18.1 Å². The molecule has 1 fully saturated rings. The van der Waals surface area contributed by atoms with Gasteiger partial charge in [0.05, 0.1) is 6.21 Å². The fraction of sp³-hybridized carbons (Fsp3) is 0.250. The first-order valence-electron chi connectivity index (χ1n) is 11.1. The molecule has 0 radical (unpaired) electrons. The van der Waals surface area contributed by atoms with Gasteiger partial charge < -0.3 is 31.6 Å². The van der Waals surface area contributed by atoms with Crippen LogP contribution in [0.25, 0.3) is 0 Å². The van der Waals surface area contributed by atoms with Crippen LogP contribution < -0.4 is 21.8 Å². The van der Waals surface area contributed by atoms with Crippen molar-refractivity contribution in [2.75, 3.05) is 13.1 Å². The van der Waals surface area contributed by atoms with Gasteiger partial charge in [0.1, 0.15) is 24.7 Å². The first-order chi connectivity index (χ1) is 17.6. The van der Waals surface area contributed by atoms with Gasteiger partial charge in [-0.25, -0.2) is 14.4 Å². The molecule has 2 aromatic carbocycles. The highest BCUT2D eigenvalue weighted by Crippen LogP contribution is 2.28. The second-order valence-electron chi connectivity index (χ2n) is 8.25. The summed E-state index contributed by atoms with van der Waals surface area (Å²) in [4.78, 5) is 62.1. The lowest BCUT2D eigenvalue weighted by Gasteiger charge is -2.22. The zero-order valence-corrected chi connectivity index (χ0v) is 19.8. The molecule has 0 bridgehead atoms. The Morgan fingerprint density at radius 2 is 1.84 bits per heavy atom. The molecule has 2 atom stereocenters. The van der Waals surface area contributed by atoms with Gasteiger partial charge in [0.25, 0.3) is 5.91 Å². The first kappa shape index (κ1) is 26.7. The van der Waals surface area contributed by atoms with Crippen molar-refractivity contribution in [3.63, 3.8) is 0 Å². The smallest absolute Gasteiger partial charge is 0.408 e. The third kappa shape index (κ3) is 6.60. The Balaban J connectivity index is 1.54. The standard InChI is InChI=1S/C24H26N6O7/c1-24(17-9-7-15(8-10-17)11-27-25)21(34)30(22(35)29-24)13-19(31)26-12-18(20(32)33)28-23(36)37-14-16-5-3-2-4-6-16/h2-11,18H,12-14,25H2,1H3,(H,26,31)(H,28,36)(H,29,35)(H,32,33)/b27-11+. The fourth-order valence-electron chi connectivity index (χ4n) is 3.55. The van der Waals surface area contributed by atoms with Crippen LogP contribution in [0.15, 0.2) is 59.7 Å². The minimum atomic E-state index is -1.50. The maximum atomic E-state index is 13.0. The van der Waals surface area contributed by atoms with E-state index in [0.717, 1.165) is 4.90 Å². The molecule has 37 heavy (non-hydrogen) atoms. The van der Waals surface area contributed by atoms with E-state index in [1.807, 2.05) is 0 Å². The Kier molecular flexibility index (Phi) is 8.40. The number of hydrazone groups is 1. The molecule has 2 unspecified atom stereocenters. The summed E-state index contributed by atoms with van der Waals surface area (Å²) >= 11 is 0. The zero-order valence-electron chi connectivity index (χ0n) is 19.8. The van der Waals surface area contributed by atoms with E-state index in [9.17, 15) is 29.1 Å². The van der Waals surface area contributed by atoms with Crippen LogP contribution in [0.2, 0.25) is 0 Å².